The Labute approximate surface area is 182 Å². The fraction of sp³-hybridized carbons (Fsp3) is 0.174. The van der Waals surface area contributed by atoms with Gasteiger partial charge in [0.05, 0.1) is 18.3 Å². The maximum atomic E-state index is 13.3. The van der Waals surface area contributed by atoms with E-state index < -0.39 is 5.69 Å². The summed E-state index contributed by atoms with van der Waals surface area (Å²) in [7, 11) is 1.55. The van der Waals surface area contributed by atoms with Gasteiger partial charge in [0.1, 0.15) is 17.0 Å². The zero-order valence-corrected chi connectivity index (χ0v) is 18.2. The highest BCUT2D eigenvalue weighted by Crippen LogP contribution is 2.19. The van der Waals surface area contributed by atoms with Crippen molar-refractivity contribution in [3.8, 4) is 11.4 Å². The van der Waals surface area contributed by atoms with Gasteiger partial charge in [-0.25, -0.2) is 9.36 Å². The molecule has 158 valence electrons. The molecule has 0 aliphatic carbocycles. The average molecular weight is 436 g/mol. The Bertz CT molecular complexity index is 1410. The van der Waals surface area contributed by atoms with E-state index in [9.17, 15) is 14.4 Å². The van der Waals surface area contributed by atoms with E-state index in [1.807, 2.05) is 19.9 Å². The molecule has 2 heterocycles. The predicted octanol–water partition coefficient (Wildman–Crippen LogP) is 3.48. The molecule has 0 fully saturated rings. The molecule has 0 saturated carbocycles. The van der Waals surface area contributed by atoms with Gasteiger partial charge in [0, 0.05) is 11.8 Å². The Morgan fingerprint density at radius 1 is 1.06 bits per heavy atom. The first kappa shape index (κ1) is 20.6. The topological polar surface area (TPSA) is 82.3 Å². The summed E-state index contributed by atoms with van der Waals surface area (Å²) >= 11 is 1.25. The van der Waals surface area contributed by atoms with E-state index in [-0.39, 0.29) is 18.0 Å². The first-order valence-electron chi connectivity index (χ1n) is 9.63. The number of carbonyl (C=O) groups excluding carboxylic acids is 1. The minimum Gasteiger partial charge on any atom is -0.497 e. The largest absolute Gasteiger partial charge is 0.497 e. The van der Waals surface area contributed by atoms with E-state index in [0.717, 1.165) is 15.7 Å². The molecule has 0 aliphatic rings. The lowest BCUT2D eigenvalue weighted by Crippen LogP contribution is -2.40. The molecule has 0 spiro atoms. The second kappa shape index (κ2) is 8.23. The zero-order chi connectivity index (χ0) is 22.1. The predicted molar refractivity (Wildman–Crippen MR) is 123 cm³/mol. The van der Waals surface area contributed by atoms with Crippen molar-refractivity contribution < 1.29 is 9.53 Å². The lowest BCUT2D eigenvalue weighted by Gasteiger charge is -2.13. The first-order chi connectivity index (χ1) is 14.9. The Kier molecular flexibility index (Phi) is 5.48. The van der Waals surface area contributed by atoms with Crippen molar-refractivity contribution in [3.05, 3.63) is 85.9 Å². The number of nitrogens with zero attached hydrogens (tertiary/aromatic N) is 2. The fourth-order valence-corrected chi connectivity index (χ4v) is 4.20. The summed E-state index contributed by atoms with van der Waals surface area (Å²) in [6.45, 7) is 3.66. The Balaban J connectivity index is 1.78. The summed E-state index contributed by atoms with van der Waals surface area (Å²) in [5.41, 5.74) is 2.57. The molecule has 0 saturated heterocycles. The van der Waals surface area contributed by atoms with Gasteiger partial charge in [0.25, 0.3) is 5.56 Å². The van der Waals surface area contributed by atoms with Gasteiger partial charge in [-0.15, -0.1) is 11.3 Å². The molecule has 0 atom stereocenters. The van der Waals surface area contributed by atoms with Crippen LogP contribution in [0.25, 0.3) is 15.9 Å². The van der Waals surface area contributed by atoms with Crippen LogP contribution in [0.3, 0.4) is 0 Å². The SMILES string of the molecule is COc1cccc(NC(=O)Cn2c(=O)n(-c3ccc(C)c(C)c3)c(=O)c3sccc32)c1. The van der Waals surface area contributed by atoms with E-state index in [4.69, 9.17) is 4.74 Å². The molecule has 31 heavy (non-hydrogen) atoms. The van der Waals surface area contributed by atoms with E-state index in [1.165, 1.54) is 15.9 Å². The second-order valence-corrected chi connectivity index (χ2v) is 8.11. The highest BCUT2D eigenvalue weighted by atomic mass is 32.1. The quantitative estimate of drug-likeness (QED) is 0.520. The van der Waals surface area contributed by atoms with Crippen molar-refractivity contribution >= 4 is 33.1 Å². The number of rotatable bonds is 5. The smallest absolute Gasteiger partial charge is 0.336 e. The normalized spacial score (nSPS) is 10.9. The Hall–Kier alpha value is -3.65. The molecular formula is C23H21N3O4S. The third kappa shape index (κ3) is 3.89. The van der Waals surface area contributed by atoms with Crippen LogP contribution in [0.4, 0.5) is 5.69 Å². The average Bonchev–Trinajstić information content (AvgIpc) is 3.24. The molecule has 0 bridgehead atoms. The van der Waals surface area contributed by atoms with Gasteiger partial charge >= 0.3 is 5.69 Å². The number of hydrogen-bond acceptors (Lipinski definition) is 5. The van der Waals surface area contributed by atoms with Crippen molar-refractivity contribution in [2.75, 3.05) is 12.4 Å². The number of carbonyl (C=O) groups is 1. The number of ether oxygens (including phenoxy) is 1. The minimum absolute atomic E-state index is 0.228. The number of benzene rings is 2. The molecule has 0 radical (unpaired) electrons. The van der Waals surface area contributed by atoms with E-state index in [2.05, 4.69) is 5.32 Å². The van der Waals surface area contributed by atoms with Crippen molar-refractivity contribution in [2.45, 2.75) is 20.4 Å². The second-order valence-electron chi connectivity index (χ2n) is 7.19. The summed E-state index contributed by atoms with van der Waals surface area (Å²) in [6.07, 6.45) is 0. The molecule has 7 nitrogen and oxygen atoms in total. The summed E-state index contributed by atoms with van der Waals surface area (Å²) in [6, 6.07) is 14.1. The number of methoxy groups -OCH3 is 1. The van der Waals surface area contributed by atoms with Crippen LogP contribution in [0.2, 0.25) is 0 Å². The standard InChI is InChI=1S/C23H21N3O4S/c1-14-7-8-17(11-15(14)2)26-22(28)21-19(9-10-31-21)25(23(26)29)13-20(27)24-16-5-4-6-18(12-16)30-3/h4-12H,13H2,1-3H3,(H,24,27). The van der Waals surface area contributed by atoms with Gasteiger partial charge in [-0.05, 0) is 60.7 Å². The van der Waals surface area contributed by atoms with Crippen LogP contribution in [0.15, 0.2) is 63.5 Å². The molecular weight excluding hydrogens is 414 g/mol. The Morgan fingerprint density at radius 3 is 2.61 bits per heavy atom. The first-order valence-corrected chi connectivity index (χ1v) is 10.5. The fourth-order valence-electron chi connectivity index (χ4n) is 3.38. The summed E-state index contributed by atoms with van der Waals surface area (Å²) in [5, 5.41) is 4.52. The van der Waals surface area contributed by atoms with Crippen molar-refractivity contribution in [1.82, 2.24) is 9.13 Å². The van der Waals surface area contributed by atoms with Gasteiger partial charge in [0.15, 0.2) is 0 Å². The van der Waals surface area contributed by atoms with E-state index in [0.29, 0.717) is 27.3 Å². The minimum atomic E-state index is -0.556. The Morgan fingerprint density at radius 2 is 1.87 bits per heavy atom. The van der Waals surface area contributed by atoms with Crippen LogP contribution in [0.5, 0.6) is 5.75 Å². The van der Waals surface area contributed by atoms with Gasteiger partial charge in [0.2, 0.25) is 5.91 Å². The van der Waals surface area contributed by atoms with E-state index in [1.54, 1.807) is 55.0 Å². The van der Waals surface area contributed by atoms with Crippen LogP contribution in [0.1, 0.15) is 11.1 Å². The monoisotopic (exact) mass is 435 g/mol. The highest BCUT2D eigenvalue weighted by Gasteiger charge is 2.18. The number of hydrogen-bond donors (Lipinski definition) is 1. The molecule has 1 amide bonds. The van der Waals surface area contributed by atoms with Crippen LogP contribution in [-0.2, 0) is 11.3 Å². The number of anilines is 1. The van der Waals surface area contributed by atoms with Gasteiger partial charge in [-0.3, -0.25) is 14.2 Å². The summed E-state index contributed by atoms with van der Waals surface area (Å²) in [5.74, 6) is 0.228. The highest BCUT2D eigenvalue weighted by molar-refractivity contribution is 7.17. The molecule has 4 aromatic rings. The van der Waals surface area contributed by atoms with E-state index >= 15 is 0 Å². The molecule has 2 aromatic carbocycles. The number of thiophene rings is 1. The summed E-state index contributed by atoms with van der Waals surface area (Å²) in [4.78, 5) is 39.1. The summed E-state index contributed by atoms with van der Waals surface area (Å²) < 4.78 is 8.06. The van der Waals surface area contributed by atoms with Crippen LogP contribution >= 0.6 is 11.3 Å². The molecule has 4 rings (SSSR count). The molecule has 0 unspecified atom stereocenters. The molecule has 8 heteroatoms. The number of nitrogens with one attached hydrogen (secondary N) is 1. The van der Waals surface area contributed by atoms with Gasteiger partial charge in [-0.2, -0.15) is 0 Å². The number of aromatic nitrogens is 2. The lowest BCUT2D eigenvalue weighted by molar-refractivity contribution is -0.116. The maximum absolute atomic E-state index is 13.3. The number of aryl methyl sites for hydroxylation is 2. The molecule has 2 aromatic heterocycles. The third-order valence-electron chi connectivity index (χ3n) is 5.16. The maximum Gasteiger partial charge on any atom is 0.336 e. The molecule has 0 aliphatic heterocycles. The van der Waals surface area contributed by atoms with Crippen LogP contribution in [0, 0.1) is 13.8 Å². The number of fused-ring (bicyclic) bond motifs is 1. The van der Waals surface area contributed by atoms with Crippen LogP contribution in [-0.4, -0.2) is 22.2 Å². The van der Waals surface area contributed by atoms with Gasteiger partial charge < -0.3 is 10.1 Å². The van der Waals surface area contributed by atoms with Crippen molar-refractivity contribution in [2.24, 2.45) is 0 Å². The zero-order valence-electron chi connectivity index (χ0n) is 17.3. The van der Waals surface area contributed by atoms with Crippen molar-refractivity contribution in [1.29, 1.82) is 0 Å². The van der Waals surface area contributed by atoms with Crippen LogP contribution < -0.4 is 21.3 Å². The number of amides is 1. The van der Waals surface area contributed by atoms with Gasteiger partial charge in [-0.1, -0.05) is 12.1 Å². The lowest BCUT2D eigenvalue weighted by atomic mass is 10.1. The van der Waals surface area contributed by atoms with Crippen molar-refractivity contribution in [3.63, 3.8) is 0 Å². The third-order valence-corrected chi connectivity index (χ3v) is 6.05. The molecule has 1 N–H and O–H groups in total.